The molecule has 1 aromatic rings. The van der Waals surface area contributed by atoms with Crippen LogP contribution in [0.1, 0.15) is 34.6 Å². The lowest BCUT2D eigenvalue weighted by Gasteiger charge is -2.47. The molecule has 0 radical (unpaired) electrons. The van der Waals surface area contributed by atoms with Crippen molar-refractivity contribution in [2.75, 3.05) is 26.0 Å². The number of rotatable bonds is 2. The second kappa shape index (κ2) is 4.49. The monoisotopic (exact) mass is 293 g/mol. The number of carbonyl (C=O) groups excluding carboxylic acids is 1. The van der Waals surface area contributed by atoms with E-state index in [1.807, 2.05) is 16.7 Å². The van der Waals surface area contributed by atoms with Crippen LogP contribution in [0.4, 0.5) is 0 Å². The van der Waals surface area contributed by atoms with E-state index in [-0.39, 0.29) is 10.7 Å². The fraction of sp³-hybridized carbons (Fsp3) is 0.714. The molecule has 20 heavy (non-hydrogen) atoms. The third kappa shape index (κ3) is 1.81. The largest absolute Gasteiger partial charge is 0.381 e. The molecule has 4 rings (SSSR count). The summed E-state index contributed by atoms with van der Waals surface area (Å²) >= 11 is 1.96. The van der Waals surface area contributed by atoms with Crippen molar-refractivity contribution in [2.45, 2.75) is 36.5 Å². The molecular formula is C14H19N3O2S. The molecule has 0 unspecified atom stereocenters. The first-order valence-corrected chi connectivity index (χ1v) is 8.21. The summed E-state index contributed by atoms with van der Waals surface area (Å²) in [5.41, 5.74) is 2.99. The van der Waals surface area contributed by atoms with Crippen LogP contribution in [0.15, 0.2) is 0 Å². The van der Waals surface area contributed by atoms with Crippen molar-refractivity contribution in [3.63, 3.8) is 0 Å². The number of fused-ring (bicyclic) bond motifs is 1. The molecule has 1 amide bonds. The highest BCUT2D eigenvalue weighted by molar-refractivity contribution is 8.01. The Morgan fingerprint density at radius 1 is 1.50 bits per heavy atom. The minimum atomic E-state index is 0.108. The van der Waals surface area contributed by atoms with Gasteiger partial charge in [-0.1, -0.05) is 0 Å². The van der Waals surface area contributed by atoms with E-state index in [0.717, 1.165) is 50.1 Å². The maximum absolute atomic E-state index is 12.5. The molecule has 2 fully saturated rings. The number of aromatic amines is 1. The topological polar surface area (TPSA) is 58.2 Å². The van der Waals surface area contributed by atoms with E-state index in [1.54, 1.807) is 7.11 Å². The second-order valence-electron chi connectivity index (χ2n) is 6.10. The van der Waals surface area contributed by atoms with E-state index in [1.165, 1.54) is 5.69 Å². The van der Waals surface area contributed by atoms with Gasteiger partial charge < -0.3 is 9.64 Å². The lowest BCUT2D eigenvalue weighted by molar-refractivity contribution is 0.0446. The first-order valence-electron chi connectivity index (χ1n) is 7.23. The molecule has 6 heteroatoms. The van der Waals surface area contributed by atoms with E-state index in [2.05, 4.69) is 10.2 Å². The first-order chi connectivity index (χ1) is 9.71. The molecule has 1 atom stereocenters. The maximum atomic E-state index is 12.5. The summed E-state index contributed by atoms with van der Waals surface area (Å²) in [7, 11) is 1.78. The van der Waals surface area contributed by atoms with E-state index in [4.69, 9.17) is 4.74 Å². The third-order valence-corrected chi connectivity index (χ3v) is 6.34. The zero-order valence-electron chi connectivity index (χ0n) is 11.6. The molecule has 3 aliphatic rings. The Kier molecular flexibility index (Phi) is 2.86. The fourth-order valence-corrected chi connectivity index (χ4v) is 5.20. The van der Waals surface area contributed by atoms with E-state index < -0.39 is 0 Å². The zero-order valence-corrected chi connectivity index (χ0v) is 12.5. The summed E-state index contributed by atoms with van der Waals surface area (Å²) in [5, 5.41) is 7.26. The summed E-state index contributed by atoms with van der Waals surface area (Å²) in [6, 6.07) is 0. The van der Waals surface area contributed by atoms with Crippen molar-refractivity contribution < 1.29 is 9.53 Å². The maximum Gasteiger partial charge on any atom is 0.274 e. The van der Waals surface area contributed by atoms with Gasteiger partial charge in [0.1, 0.15) is 0 Å². The van der Waals surface area contributed by atoms with Crippen molar-refractivity contribution in [1.82, 2.24) is 15.1 Å². The lowest BCUT2D eigenvalue weighted by Crippen LogP contribution is -2.60. The molecule has 2 saturated heterocycles. The number of nitrogens with zero attached hydrogens (tertiary/aromatic N) is 2. The van der Waals surface area contributed by atoms with Gasteiger partial charge in [-0.3, -0.25) is 9.89 Å². The van der Waals surface area contributed by atoms with Crippen molar-refractivity contribution in [3.05, 3.63) is 17.0 Å². The number of hydrogen-bond donors (Lipinski definition) is 1. The van der Waals surface area contributed by atoms with Gasteiger partial charge in [-0.25, -0.2) is 0 Å². The van der Waals surface area contributed by atoms with Crippen molar-refractivity contribution in [3.8, 4) is 0 Å². The van der Waals surface area contributed by atoms with Crippen LogP contribution in [-0.4, -0.2) is 57.8 Å². The van der Waals surface area contributed by atoms with Gasteiger partial charge in [0.25, 0.3) is 5.91 Å². The molecule has 1 aliphatic carbocycles. The van der Waals surface area contributed by atoms with Gasteiger partial charge in [0, 0.05) is 37.2 Å². The predicted octanol–water partition coefficient (Wildman–Crippen LogP) is 1.24. The van der Waals surface area contributed by atoms with Crippen molar-refractivity contribution >= 4 is 17.7 Å². The fourth-order valence-electron chi connectivity index (χ4n) is 3.61. The van der Waals surface area contributed by atoms with E-state index in [0.29, 0.717) is 11.8 Å². The molecule has 3 heterocycles. The summed E-state index contributed by atoms with van der Waals surface area (Å²) in [5.74, 6) is 1.16. The second-order valence-corrected chi connectivity index (χ2v) is 7.59. The summed E-state index contributed by atoms with van der Waals surface area (Å²) in [4.78, 5) is 14.5. The zero-order chi connectivity index (χ0) is 13.7. The number of likely N-dealkylation sites (tertiary alicyclic amines) is 1. The van der Waals surface area contributed by atoms with E-state index in [9.17, 15) is 4.79 Å². The van der Waals surface area contributed by atoms with Gasteiger partial charge in [0.15, 0.2) is 5.69 Å². The Bertz CT molecular complexity index is 551. The van der Waals surface area contributed by atoms with Gasteiger partial charge in [-0.2, -0.15) is 5.10 Å². The minimum Gasteiger partial charge on any atom is -0.381 e. The number of amides is 1. The molecule has 5 nitrogen and oxygen atoms in total. The van der Waals surface area contributed by atoms with Crippen LogP contribution in [0.25, 0.3) is 0 Å². The average molecular weight is 293 g/mol. The summed E-state index contributed by atoms with van der Waals surface area (Å²) in [6.45, 7) is 1.69. The van der Waals surface area contributed by atoms with Gasteiger partial charge in [-0.15, -0.1) is 11.8 Å². The number of H-pyrrole nitrogens is 1. The van der Waals surface area contributed by atoms with Gasteiger partial charge in [0.05, 0.1) is 10.9 Å². The predicted molar refractivity (Wildman–Crippen MR) is 77.1 cm³/mol. The Hall–Kier alpha value is -1.01. The smallest absolute Gasteiger partial charge is 0.274 e. The Morgan fingerprint density at radius 3 is 3.10 bits per heavy atom. The Labute approximate surface area is 122 Å². The molecule has 0 saturated carbocycles. The quantitative estimate of drug-likeness (QED) is 0.891. The van der Waals surface area contributed by atoms with Crippen LogP contribution >= 0.6 is 11.8 Å². The number of thioether (sulfide) groups is 1. The molecule has 0 bridgehead atoms. The SMILES string of the molecule is CO[C@@H]1CSC2(C1)CN(C(=O)c1n[nH]c3c1CCC3)C2. The van der Waals surface area contributed by atoms with Crippen LogP contribution in [0.3, 0.4) is 0 Å². The molecule has 1 aromatic heterocycles. The number of ether oxygens (including phenoxy) is 1. The van der Waals surface area contributed by atoms with Crippen LogP contribution in [-0.2, 0) is 17.6 Å². The summed E-state index contributed by atoms with van der Waals surface area (Å²) < 4.78 is 5.67. The number of hydrogen-bond acceptors (Lipinski definition) is 4. The molecule has 1 spiro atoms. The molecule has 0 aromatic carbocycles. The van der Waals surface area contributed by atoms with Gasteiger partial charge >= 0.3 is 0 Å². The lowest BCUT2D eigenvalue weighted by atomic mass is 9.92. The first kappa shape index (κ1) is 12.7. The Balaban J connectivity index is 1.44. The van der Waals surface area contributed by atoms with Crippen molar-refractivity contribution in [2.24, 2.45) is 0 Å². The highest BCUT2D eigenvalue weighted by Crippen LogP contribution is 2.46. The molecular weight excluding hydrogens is 274 g/mol. The van der Waals surface area contributed by atoms with E-state index >= 15 is 0 Å². The highest BCUT2D eigenvalue weighted by Gasteiger charge is 2.51. The molecule has 108 valence electrons. The van der Waals surface area contributed by atoms with Gasteiger partial charge in [0.2, 0.25) is 0 Å². The van der Waals surface area contributed by atoms with Gasteiger partial charge in [-0.05, 0) is 25.7 Å². The average Bonchev–Trinajstić information content (AvgIpc) is 3.10. The number of nitrogens with one attached hydrogen (secondary N) is 1. The Morgan fingerprint density at radius 2 is 2.35 bits per heavy atom. The minimum absolute atomic E-state index is 0.108. The van der Waals surface area contributed by atoms with Crippen LogP contribution < -0.4 is 0 Å². The van der Waals surface area contributed by atoms with Crippen LogP contribution in [0.5, 0.6) is 0 Å². The standard InChI is InChI=1S/C14H19N3O2S/c1-19-9-5-14(20-6-9)7-17(8-14)13(18)12-10-3-2-4-11(10)15-16-12/h9H,2-8H2,1H3,(H,15,16)/t9-/m0/s1. The number of aryl methyl sites for hydroxylation is 1. The van der Waals surface area contributed by atoms with Crippen LogP contribution in [0.2, 0.25) is 0 Å². The normalized spacial score (nSPS) is 26.9. The highest BCUT2D eigenvalue weighted by atomic mass is 32.2. The number of carbonyl (C=O) groups is 1. The van der Waals surface area contributed by atoms with Crippen LogP contribution in [0, 0.1) is 0 Å². The molecule has 1 N–H and O–H groups in total. The molecule has 2 aliphatic heterocycles. The van der Waals surface area contributed by atoms with Crippen molar-refractivity contribution in [1.29, 1.82) is 0 Å². The number of aromatic nitrogens is 2. The third-order valence-electron chi connectivity index (χ3n) is 4.76. The number of methoxy groups -OCH3 is 1. The summed E-state index contributed by atoms with van der Waals surface area (Å²) in [6.07, 6.45) is 4.58.